The molecule has 0 radical (unpaired) electrons. The Labute approximate surface area is 441 Å². The van der Waals surface area contributed by atoms with E-state index in [9.17, 15) is 68.4 Å². The number of benzene rings is 3. The van der Waals surface area contributed by atoms with E-state index in [1.165, 1.54) is 42.2 Å². The van der Waals surface area contributed by atoms with Crippen molar-refractivity contribution >= 4 is 61.3 Å². The van der Waals surface area contributed by atoms with Crippen LogP contribution in [0.5, 0.6) is 0 Å². The van der Waals surface area contributed by atoms with Gasteiger partial charge in [0.25, 0.3) is 23.6 Å². The third kappa shape index (κ3) is 17.4. The first-order valence-electron chi connectivity index (χ1n) is 23.8. The summed E-state index contributed by atoms with van der Waals surface area (Å²) in [5, 5.41) is 0. The number of rotatable bonds is 22. The standard InChI is InChI=1S/C20H33F3N2O4S2.C18H22.C12H16F3NO7S3/c1-5-14-25(15-6-2)31(28,29)19(30(26,27)20(21,22)23)9-7-8-16-24(4)18-12-10-17(3)11-13-18;1-13(2)16-9-11-18(12-10-16)15(4)17-7-5-14(3)6-8-17;1-5-6-9-10(7-8(2)23-9)24(17,18)11(26(21,22)16(3)4)25(19,20)12(13,14)15/h10-13,19H,5-9,14-16H2,1-4H3;5-13,15H,1-4H3;5-7,11H,1-4H3/b;;6-5+. The maximum absolute atomic E-state index is 13.3. The second kappa shape index (κ2) is 27.4. The van der Waals surface area contributed by atoms with Crippen LogP contribution in [0.2, 0.25) is 0 Å². The van der Waals surface area contributed by atoms with Crippen molar-refractivity contribution in [3.63, 3.8) is 0 Å². The summed E-state index contributed by atoms with van der Waals surface area (Å²) >= 11 is 0. The van der Waals surface area contributed by atoms with Crippen molar-refractivity contribution in [2.24, 2.45) is 0 Å². The number of unbranched alkanes of at least 4 members (excludes halogenated alkanes) is 1. The molecule has 3 aromatic carbocycles. The number of allylic oxidation sites excluding steroid dienone is 1. The van der Waals surface area contributed by atoms with Crippen molar-refractivity contribution in [3.05, 3.63) is 124 Å². The van der Waals surface area contributed by atoms with E-state index >= 15 is 0 Å². The summed E-state index contributed by atoms with van der Waals surface area (Å²) in [6, 6.07) is 26.3. The zero-order valence-electron chi connectivity index (χ0n) is 44.3. The molecular weight excluding hydrogens is 1090 g/mol. The van der Waals surface area contributed by atoms with Crippen molar-refractivity contribution < 1.29 is 72.8 Å². The molecule has 0 aliphatic carbocycles. The summed E-state index contributed by atoms with van der Waals surface area (Å²) in [7, 11) is -24.9. The number of hydrogen-bond donors (Lipinski definition) is 0. The molecule has 0 fully saturated rings. The first-order valence-corrected chi connectivity index (χ1v) is 31.4. The van der Waals surface area contributed by atoms with Gasteiger partial charge in [-0.1, -0.05) is 112 Å². The molecule has 25 heteroatoms. The molecule has 0 spiro atoms. The molecule has 75 heavy (non-hydrogen) atoms. The minimum absolute atomic E-state index is 0.0176. The number of hydrogen-bond acceptors (Lipinski definition) is 12. The molecule has 1 aromatic heterocycles. The summed E-state index contributed by atoms with van der Waals surface area (Å²) in [5.41, 5.74) is -4.24. The van der Waals surface area contributed by atoms with Crippen LogP contribution < -0.4 is 4.90 Å². The Morgan fingerprint density at radius 3 is 1.45 bits per heavy atom. The fourth-order valence-electron chi connectivity index (χ4n) is 7.32. The zero-order chi connectivity index (χ0) is 57.7. The third-order valence-corrected chi connectivity index (χ3v) is 25.3. The fraction of sp³-hybridized carbons (Fsp3) is 0.520. The van der Waals surface area contributed by atoms with Crippen molar-refractivity contribution in [1.82, 2.24) is 8.61 Å². The quantitative estimate of drug-likeness (QED) is 0.0535. The maximum Gasteiger partial charge on any atom is 0.499 e. The van der Waals surface area contributed by atoms with Gasteiger partial charge in [0.05, 0.1) is 0 Å². The molecule has 3 unspecified atom stereocenters. The summed E-state index contributed by atoms with van der Waals surface area (Å²) < 4.78 is 202. The lowest BCUT2D eigenvalue weighted by atomic mass is 9.91. The first kappa shape index (κ1) is 66.8. The van der Waals surface area contributed by atoms with Gasteiger partial charge in [-0.3, -0.25) is 0 Å². The minimum Gasteiger partial charge on any atom is -0.461 e. The fourth-order valence-corrected chi connectivity index (χ4v) is 19.4. The van der Waals surface area contributed by atoms with Gasteiger partial charge in [-0.05, 0) is 107 Å². The highest BCUT2D eigenvalue weighted by Gasteiger charge is 2.63. The summed E-state index contributed by atoms with van der Waals surface area (Å²) in [6.07, 6.45) is 2.87. The molecule has 0 saturated heterocycles. The molecule has 4 aromatic rings. The largest absolute Gasteiger partial charge is 0.499 e. The average molecular weight is 1160 g/mol. The van der Waals surface area contributed by atoms with Crippen LogP contribution in [0.4, 0.5) is 32.0 Å². The van der Waals surface area contributed by atoms with E-state index in [-0.39, 0.29) is 29.6 Å². The lowest BCUT2D eigenvalue weighted by Gasteiger charge is -2.27. The van der Waals surface area contributed by atoms with Crippen LogP contribution in [-0.4, -0.2) is 111 Å². The Bertz CT molecular complexity index is 3050. The number of anilines is 1. The highest BCUT2D eigenvalue weighted by Crippen LogP contribution is 2.38. The molecular formula is C50H71F6N3O11S5. The van der Waals surface area contributed by atoms with Crippen LogP contribution in [0.1, 0.15) is 125 Å². The number of aryl methyl sites for hydroxylation is 3. The van der Waals surface area contributed by atoms with Crippen LogP contribution in [0.25, 0.3) is 6.08 Å². The van der Waals surface area contributed by atoms with Crippen molar-refractivity contribution in [3.8, 4) is 0 Å². The molecule has 0 amide bonds. The van der Waals surface area contributed by atoms with Gasteiger partial charge < -0.3 is 9.32 Å². The molecule has 1 heterocycles. The van der Waals surface area contributed by atoms with Gasteiger partial charge in [0, 0.05) is 52.4 Å². The number of nitrogens with zero attached hydrogens (tertiary/aromatic N) is 3. The molecule has 4 rings (SSSR count). The predicted octanol–water partition coefficient (Wildman–Crippen LogP) is 11.1. The highest BCUT2D eigenvalue weighted by atomic mass is 32.3. The monoisotopic (exact) mass is 1160 g/mol. The Hall–Kier alpha value is -4.27. The Kier molecular flexibility index (Phi) is 24.4. The van der Waals surface area contributed by atoms with Gasteiger partial charge in [0.15, 0.2) is 4.58 Å². The van der Waals surface area contributed by atoms with E-state index in [2.05, 4.69) is 76.2 Å². The van der Waals surface area contributed by atoms with Crippen LogP contribution in [0.3, 0.4) is 0 Å². The Balaban J connectivity index is 0.000000397. The SMILES string of the molecule is C/C=C/c1oc(C)cc1S(=O)(=O)C(S(=O)(=O)N(C)C)S(=O)(=O)C(F)(F)F.CCCN(CCC)S(=O)(=O)C(CCCCN(C)c1ccc(C)cc1)S(=O)(=O)C(F)(F)F.Cc1ccc(C(C)c2ccc(C(C)C)cc2)cc1. The topological polar surface area (TPSA) is 194 Å². The lowest BCUT2D eigenvalue weighted by Crippen LogP contribution is -2.48. The van der Waals surface area contributed by atoms with Crippen LogP contribution >= 0.6 is 0 Å². The molecule has 14 nitrogen and oxygen atoms in total. The predicted molar refractivity (Wildman–Crippen MR) is 284 cm³/mol. The van der Waals surface area contributed by atoms with E-state index in [0.29, 0.717) is 37.6 Å². The number of alkyl halides is 6. The van der Waals surface area contributed by atoms with Gasteiger partial charge in [0.2, 0.25) is 29.9 Å². The maximum atomic E-state index is 13.3. The van der Waals surface area contributed by atoms with E-state index in [1.807, 2.05) is 43.1 Å². The van der Waals surface area contributed by atoms with Crippen molar-refractivity contribution in [2.45, 2.75) is 131 Å². The number of sulfone groups is 3. The first-order chi connectivity index (χ1) is 34.4. The van der Waals surface area contributed by atoms with Crippen LogP contribution in [-0.2, 0) is 49.6 Å². The summed E-state index contributed by atoms with van der Waals surface area (Å²) in [6.45, 7) is 17.3. The summed E-state index contributed by atoms with van der Waals surface area (Å²) in [4.78, 5) is 0.915. The van der Waals surface area contributed by atoms with E-state index in [4.69, 9.17) is 4.42 Å². The number of sulfonamides is 2. The van der Waals surface area contributed by atoms with Gasteiger partial charge in [-0.2, -0.15) is 26.3 Å². The van der Waals surface area contributed by atoms with Gasteiger partial charge in [-0.15, -0.1) is 0 Å². The molecule has 0 aliphatic heterocycles. The molecule has 0 bridgehead atoms. The van der Waals surface area contributed by atoms with E-state index in [0.717, 1.165) is 41.8 Å². The third-order valence-electron chi connectivity index (χ3n) is 11.7. The van der Waals surface area contributed by atoms with E-state index < -0.39 is 86.1 Å². The minimum atomic E-state index is -6.65. The smallest absolute Gasteiger partial charge is 0.461 e. The van der Waals surface area contributed by atoms with Gasteiger partial charge in [0.1, 0.15) is 16.4 Å². The number of halogens is 6. The molecule has 0 saturated carbocycles. The zero-order valence-corrected chi connectivity index (χ0v) is 48.4. The van der Waals surface area contributed by atoms with E-state index in [1.54, 1.807) is 13.8 Å². The number of furan rings is 1. The van der Waals surface area contributed by atoms with Crippen LogP contribution in [0, 0.1) is 20.8 Å². The lowest BCUT2D eigenvalue weighted by molar-refractivity contribution is -0.0443. The molecule has 3 atom stereocenters. The highest BCUT2D eigenvalue weighted by molar-refractivity contribution is 8.23. The molecule has 0 aliphatic rings. The van der Waals surface area contributed by atoms with Gasteiger partial charge >= 0.3 is 11.0 Å². The van der Waals surface area contributed by atoms with Crippen LogP contribution in [0.15, 0.2) is 94.3 Å². The van der Waals surface area contributed by atoms with Crippen molar-refractivity contribution in [2.75, 3.05) is 45.7 Å². The second-order valence-electron chi connectivity index (χ2n) is 18.3. The Morgan fingerprint density at radius 1 is 0.600 bits per heavy atom. The normalized spacial score (nSPS) is 14.3. The second-order valence-corrected chi connectivity index (χ2v) is 30.0. The van der Waals surface area contributed by atoms with Gasteiger partial charge in [-0.25, -0.2) is 50.7 Å². The van der Waals surface area contributed by atoms with Crippen molar-refractivity contribution in [1.29, 1.82) is 0 Å². The molecule has 0 N–H and O–H groups in total. The average Bonchev–Trinajstić information content (AvgIpc) is 3.69. The molecule has 424 valence electrons. The summed E-state index contributed by atoms with van der Waals surface area (Å²) in [5.74, 6) is 0.518. The Morgan fingerprint density at radius 2 is 1.04 bits per heavy atom.